The summed E-state index contributed by atoms with van der Waals surface area (Å²) in [4.78, 5) is 22.5. The number of anilines is 17. The van der Waals surface area contributed by atoms with Gasteiger partial charge in [-0.05, 0) is 339 Å². The Morgan fingerprint density at radius 1 is 0.273 bits per heavy atom. The maximum atomic E-state index is 6.26. The van der Waals surface area contributed by atoms with E-state index in [-0.39, 0.29) is 29.8 Å². The Bertz CT molecular complexity index is 5510. The van der Waals surface area contributed by atoms with Crippen LogP contribution in [-0.4, -0.2) is 23.9 Å². The largest absolute Gasteiger partial charge is 0.336 e. The van der Waals surface area contributed by atoms with Crippen LogP contribution in [0.3, 0.4) is 0 Å². The molecule has 1 aromatic heterocycles. The minimum atomic E-state index is -0.144. The molecule has 11 aromatic carbocycles. The smallest absolute Gasteiger partial charge is 0.254 e. The second kappa shape index (κ2) is 23.8. The number of aromatic nitrogens is 1. The lowest BCUT2D eigenvalue weighted by atomic mass is 9.30. The van der Waals surface area contributed by atoms with E-state index in [1.807, 2.05) is 0 Å². The second-order valence-electron chi connectivity index (χ2n) is 36.9. The predicted octanol–water partition coefficient (Wildman–Crippen LogP) is 21.8. The van der Waals surface area contributed by atoms with E-state index in [1.165, 1.54) is 200 Å². The Hall–Kier alpha value is -10.5. The van der Waals surface area contributed by atoms with Gasteiger partial charge in [0.25, 0.3) is 13.4 Å². The molecule has 12 aromatic rings. The first-order valence-corrected chi connectivity index (χ1v) is 42.1. The molecule has 0 atom stereocenters. The highest BCUT2D eigenvalue weighted by molar-refractivity contribution is 7.03. The normalized spacial score (nSPS) is 27.8. The van der Waals surface area contributed by atoms with Crippen molar-refractivity contribution in [1.29, 1.82) is 0 Å². The molecule has 12 aliphatic carbocycles. The van der Waals surface area contributed by atoms with Gasteiger partial charge in [-0.2, -0.15) is 0 Å². The molecule has 0 amide bonds. The van der Waals surface area contributed by atoms with Gasteiger partial charge in [0.2, 0.25) is 0 Å². The van der Waals surface area contributed by atoms with Crippen LogP contribution in [0.2, 0.25) is 0 Å². The molecule has 536 valence electrons. The highest BCUT2D eigenvalue weighted by Gasteiger charge is 2.60. The number of benzene rings is 11. The lowest BCUT2D eigenvalue weighted by Gasteiger charge is -2.62. The van der Waals surface area contributed by atoms with Crippen LogP contribution in [0.4, 0.5) is 96.9 Å². The van der Waals surface area contributed by atoms with E-state index in [0.29, 0.717) is 17.8 Å². The van der Waals surface area contributed by atoms with Gasteiger partial charge in [0.1, 0.15) is 11.6 Å². The molecule has 110 heavy (non-hydrogen) atoms. The Labute approximate surface area is 648 Å². The monoisotopic (exact) mass is 1420 g/mol. The average molecular weight is 1420 g/mol. The summed E-state index contributed by atoms with van der Waals surface area (Å²) >= 11 is 0. The molecule has 0 radical (unpaired) electrons. The molecule has 4 aliphatic heterocycles. The van der Waals surface area contributed by atoms with Gasteiger partial charge in [0.15, 0.2) is 0 Å². The Balaban J connectivity index is 0.794. The topological polar surface area (TPSA) is 32.3 Å². The molecule has 12 fully saturated rings. The first kappa shape index (κ1) is 63.3. The summed E-state index contributed by atoms with van der Waals surface area (Å²) in [5.74, 6) is 8.97. The molecule has 0 N–H and O–H groups in total. The number of nitrogens with zero attached hydrogens (tertiary/aromatic N) is 7. The summed E-state index contributed by atoms with van der Waals surface area (Å²) in [6.07, 6.45) is 24.1. The fourth-order valence-electron chi connectivity index (χ4n) is 27.7. The van der Waals surface area contributed by atoms with E-state index < -0.39 is 0 Å². The van der Waals surface area contributed by atoms with E-state index in [0.717, 1.165) is 81.3 Å². The van der Waals surface area contributed by atoms with Crippen LogP contribution in [-0.2, 0) is 10.8 Å². The predicted molar refractivity (Wildman–Crippen MR) is 456 cm³/mol. The van der Waals surface area contributed by atoms with Crippen molar-refractivity contribution in [3.63, 3.8) is 0 Å². The van der Waals surface area contributed by atoms with Crippen LogP contribution in [0.25, 0.3) is 0 Å². The van der Waals surface area contributed by atoms with Gasteiger partial charge < -0.3 is 19.6 Å². The van der Waals surface area contributed by atoms with E-state index in [9.17, 15) is 0 Å². The number of rotatable bonds is 12. The highest BCUT2D eigenvalue weighted by Crippen LogP contribution is 2.65. The van der Waals surface area contributed by atoms with Crippen LogP contribution >= 0.6 is 0 Å². The van der Waals surface area contributed by atoms with Crippen LogP contribution in [0.5, 0.6) is 0 Å². The van der Waals surface area contributed by atoms with Crippen LogP contribution in [0.1, 0.15) is 127 Å². The Morgan fingerprint density at radius 2 is 0.682 bits per heavy atom. The molecule has 5 heterocycles. The summed E-state index contributed by atoms with van der Waals surface area (Å²) in [6.45, 7) is -0.271. The lowest BCUT2D eigenvalue weighted by molar-refractivity contribution is -0.00525. The van der Waals surface area contributed by atoms with E-state index in [4.69, 9.17) is 4.98 Å². The summed E-state index contributed by atoms with van der Waals surface area (Å²) in [5.41, 5.74) is 29.8. The zero-order valence-electron chi connectivity index (χ0n) is 62.8. The van der Waals surface area contributed by atoms with Crippen LogP contribution in [0, 0.1) is 53.3 Å². The highest BCUT2D eigenvalue weighted by atomic mass is 15.3. The zero-order chi connectivity index (χ0) is 71.7. The molecule has 16 aliphatic rings. The van der Waals surface area contributed by atoms with Gasteiger partial charge in [-0.3, -0.25) is 9.80 Å². The van der Waals surface area contributed by atoms with E-state index in [1.54, 1.807) is 11.1 Å². The zero-order valence-corrected chi connectivity index (χ0v) is 62.8. The molecule has 0 spiro atoms. The first-order valence-electron chi connectivity index (χ1n) is 42.1. The van der Waals surface area contributed by atoms with E-state index >= 15 is 0 Å². The quantitative estimate of drug-likeness (QED) is 0.113. The fraction of sp³-hybridized carbons (Fsp3) is 0.297. The standard InChI is InChI=1S/C101H91B2N7/c1-7-23-76(24-8-1)105(77-25-9-2-10-26-77)83-51-92-96-93(52-83)108(82-35-21-22-74(49-82)99-56-65-40-66(57-99)42-67(41-65)58-99)89-50-75(100-59-68-43-69(60-100)45-70(44-68)61-100)38-39-85(89)102(96)86-53-87-91(54-90(86)107(92)80-31-15-5-16-32-80)110(101-62-71-46-72(63-101)48-73(47-71)64-101)94-55-95(106(78-27-11-3-12-28-78)79-29-13-4-14-30-79)104-98-97(94)103(87)84-36-19-20-37-88(84)109(98)81-33-17-6-18-34-81/h1-39,49-55,65-73H,40-48,56-64H2. The SMILES string of the molecule is c1ccc(N(c2ccccc2)c2cc3c4c(c2)N(c2ccccc2)c2cc5c(cc2B4c2ccc(C46CC7CC(CC(C7)C4)C6)cc2N3c2cccc(C34CC6CC(CC(C6)C3)C4)c2)B2c3ccccc3N(c3ccccc3)c3nc(N(c4ccccc4)c4ccccc4)cc(c32)N5C23CC4CC(CC(C4)C2)C3)cc1. The van der Waals surface area contributed by atoms with Crippen LogP contribution in [0.15, 0.2) is 279 Å². The van der Waals surface area contributed by atoms with Crippen molar-refractivity contribution >= 4 is 143 Å². The van der Waals surface area contributed by atoms with Crippen molar-refractivity contribution in [1.82, 2.24) is 4.98 Å². The van der Waals surface area contributed by atoms with Gasteiger partial charge in [0, 0.05) is 91.2 Å². The molecule has 12 bridgehead atoms. The summed E-state index contributed by atoms with van der Waals surface area (Å²) in [6, 6.07) is 109. The van der Waals surface area contributed by atoms with Crippen molar-refractivity contribution in [3.8, 4) is 0 Å². The van der Waals surface area contributed by atoms with Crippen molar-refractivity contribution in [2.45, 2.75) is 132 Å². The summed E-state index contributed by atoms with van der Waals surface area (Å²) in [5, 5.41) is 0. The molecular weight excluding hydrogens is 1330 g/mol. The summed E-state index contributed by atoms with van der Waals surface area (Å²) in [7, 11) is 0. The van der Waals surface area contributed by atoms with Gasteiger partial charge in [0.05, 0.1) is 5.69 Å². The number of hydrogen-bond donors (Lipinski definition) is 0. The minimum Gasteiger partial charge on any atom is -0.336 e. The second-order valence-corrected chi connectivity index (χ2v) is 36.9. The van der Waals surface area contributed by atoms with Crippen molar-refractivity contribution in [2.24, 2.45) is 53.3 Å². The third kappa shape index (κ3) is 9.42. The number of hydrogen-bond acceptors (Lipinski definition) is 7. The molecule has 9 heteroatoms. The molecule has 0 saturated heterocycles. The third-order valence-electron chi connectivity index (χ3n) is 30.4. The maximum absolute atomic E-state index is 6.26. The van der Waals surface area contributed by atoms with Crippen molar-refractivity contribution < 1.29 is 0 Å². The molecule has 12 saturated carbocycles. The summed E-state index contributed by atoms with van der Waals surface area (Å²) < 4.78 is 0. The Morgan fingerprint density at radius 3 is 1.21 bits per heavy atom. The molecular formula is C101H91B2N7. The number of para-hydroxylation sites is 7. The molecule has 7 nitrogen and oxygen atoms in total. The number of fused-ring (bicyclic) bond motifs is 8. The number of pyridine rings is 1. The molecule has 0 unspecified atom stereocenters. The fourth-order valence-corrected chi connectivity index (χ4v) is 27.7. The maximum Gasteiger partial charge on any atom is 0.254 e. The van der Waals surface area contributed by atoms with Gasteiger partial charge >= 0.3 is 0 Å². The van der Waals surface area contributed by atoms with Crippen molar-refractivity contribution in [2.75, 3.05) is 29.4 Å². The third-order valence-corrected chi connectivity index (χ3v) is 30.4. The minimum absolute atomic E-state index is 0.126. The first-order chi connectivity index (χ1) is 54.3. The van der Waals surface area contributed by atoms with Gasteiger partial charge in [-0.15, -0.1) is 0 Å². The van der Waals surface area contributed by atoms with Crippen LogP contribution < -0.4 is 62.2 Å². The van der Waals surface area contributed by atoms with E-state index in [2.05, 4.69) is 308 Å². The van der Waals surface area contributed by atoms with Gasteiger partial charge in [-0.1, -0.05) is 158 Å². The van der Waals surface area contributed by atoms with Crippen molar-refractivity contribution in [3.05, 3.63) is 290 Å². The average Bonchev–Trinajstić information content (AvgIpc) is 0.674. The van der Waals surface area contributed by atoms with Gasteiger partial charge in [-0.25, -0.2) is 4.98 Å². The molecule has 28 rings (SSSR count). The Kier molecular flexibility index (Phi) is 13.7. The lowest BCUT2D eigenvalue weighted by Crippen LogP contribution is -2.69.